The van der Waals surface area contributed by atoms with Crippen LogP contribution in [0.3, 0.4) is 0 Å². The maximum absolute atomic E-state index is 9.64. The van der Waals surface area contributed by atoms with Crippen molar-refractivity contribution in [3.05, 3.63) is 65.7 Å². The van der Waals surface area contributed by atoms with Crippen molar-refractivity contribution in [1.82, 2.24) is 15.5 Å². The molecule has 0 amide bonds. The minimum absolute atomic E-state index is 0.118. The van der Waals surface area contributed by atoms with Crippen LogP contribution in [0.15, 0.2) is 59.6 Å². The normalized spacial score (nSPS) is 15.6. The second kappa shape index (κ2) is 13.0. The highest BCUT2D eigenvalue weighted by atomic mass is 16.5. The summed E-state index contributed by atoms with van der Waals surface area (Å²) in [6.45, 7) is 7.93. The van der Waals surface area contributed by atoms with E-state index in [0.29, 0.717) is 13.2 Å². The largest absolute Gasteiger partial charge is 0.494 e. The minimum atomic E-state index is -0.118. The van der Waals surface area contributed by atoms with Crippen molar-refractivity contribution in [2.24, 2.45) is 4.99 Å². The highest BCUT2D eigenvalue weighted by Crippen LogP contribution is 2.14. The summed E-state index contributed by atoms with van der Waals surface area (Å²) >= 11 is 0. The van der Waals surface area contributed by atoms with Crippen molar-refractivity contribution in [3.63, 3.8) is 0 Å². The van der Waals surface area contributed by atoms with Crippen LogP contribution in [0.1, 0.15) is 37.3 Å². The first kappa shape index (κ1) is 23.1. The molecule has 6 nitrogen and oxygen atoms in total. The quantitative estimate of drug-likeness (QED) is 0.311. The van der Waals surface area contributed by atoms with Gasteiger partial charge in [0, 0.05) is 32.7 Å². The highest BCUT2D eigenvalue weighted by Gasteiger charge is 2.16. The van der Waals surface area contributed by atoms with Gasteiger partial charge in [-0.1, -0.05) is 42.5 Å². The average Bonchev–Trinajstić information content (AvgIpc) is 2.80. The van der Waals surface area contributed by atoms with E-state index >= 15 is 0 Å². The lowest BCUT2D eigenvalue weighted by Gasteiger charge is -2.29. The van der Waals surface area contributed by atoms with E-state index in [2.05, 4.69) is 46.7 Å². The molecule has 0 bridgehead atoms. The van der Waals surface area contributed by atoms with Gasteiger partial charge in [-0.2, -0.15) is 0 Å². The van der Waals surface area contributed by atoms with E-state index in [0.717, 1.165) is 63.7 Å². The van der Waals surface area contributed by atoms with Gasteiger partial charge >= 0.3 is 0 Å². The van der Waals surface area contributed by atoms with E-state index in [-0.39, 0.29) is 6.10 Å². The van der Waals surface area contributed by atoms with Gasteiger partial charge in [0.1, 0.15) is 5.75 Å². The first-order valence-corrected chi connectivity index (χ1v) is 11.4. The van der Waals surface area contributed by atoms with E-state index in [4.69, 9.17) is 9.73 Å². The molecule has 0 unspecified atom stereocenters. The fourth-order valence-electron chi connectivity index (χ4n) is 3.58. The number of nitrogens with zero attached hydrogens (tertiary/aromatic N) is 2. The first-order valence-electron chi connectivity index (χ1n) is 11.4. The van der Waals surface area contributed by atoms with E-state index < -0.39 is 0 Å². The lowest BCUT2D eigenvalue weighted by Crippen LogP contribution is -2.38. The van der Waals surface area contributed by atoms with Crippen LogP contribution in [-0.2, 0) is 13.1 Å². The molecule has 0 radical (unpaired) electrons. The van der Waals surface area contributed by atoms with Crippen molar-refractivity contribution in [2.75, 3.05) is 32.8 Å². The number of aliphatic hydroxyl groups is 1. The first-order chi connectivity index (χ1) is 15.2. The number of likely N-dealkylation sites (tertiary alicyclic amines) is 1. The van der Waals surface area contributed by atoms with Crippen molar-refractivity contribution >= 4 is 5.96 Å². The molecule has 0 aliphatic carbocycles. The number of benzene rings is 2. The zero-order valence-electron chi connectivity index (χ0n) is 18.6. The van der Waals surface area contributed by atoms with Crippen LogP contribution in [0.4, 0.5) is 0 Å². The second-order valence-corrected chi connectivity index (χ2v) is 7.96. The molecule has 0 atom stereocenters. The molecule has 3 rings (SSSR count). The Hall–Kier alpha value is -2.57. The Balaban J connectivity index is 1.39. The smallest absolute Gasteiger partial charge is 0.191 e. The third kappa shape index (κ3) is 8.59. The van der Waals surface area contributed by atoms with Gasteiger partial charge in [-0.25, -0.2) is 4.99 Å². The Labute approximate surface area is 186 Å². The molecule has 1 fully saturated rings. The molecule has 2 aromatic carbocycles. The summed E-state index contributed by atoms with van der Waals surface area (Å²) in [6, 6.07) is 18.6. The highest BCUT2D eigenvalue weighted by molar-refractivity contribution is 5.79. The molecule has 1 heterocycles. The molecule has 0 aromatic heterocycles. The number of hydrogen-bond acceptors (Lipinski definition) is 4. The van der Waals surface area contributed by atoms with Crippen LogP contribution in [0, 0.1) is 0 Å². The summed E-state index contributed by atoms with van der Waals surface area (Å²) in [5.74, 6) is 1.74. The monoisotopic (exact) mass is 424 g/mol. The van der Waals surface area contributed by atoms with Crippen LogP contribution in [0.5, 0.6) is 5.75 Å². The summed E-state index contributed by atoms with van der Waals surface area (Å²) in [5.41, 5.74) is 2.51. The van der Waals surface area contributed by atoms with Crippen LogP contribution in [0.2, 0.25) is 0 Å². The van der Waals surface area contributed by atoms with Crippen LogP contribution < -0.4 is 15.4 Å². The molecule has 0 saturated carbocycles. The summed E-state index contributed by atoms with van der Waals surface area (Å²) in [5, 5.41) is 16.3. The lowest BCUT2D eigenvalue weighted by molar-refractivity contribution is 0.0792. The number of para-hydroxylation sites is 1. The fraction of sp³-hybridized carbons (Fsp3) is 0.480. The predicted molar refractivity (Wildman–Crippen MR) is 126 cm³/mol. The third-order valence-corrected chi connectivity index (χ3v) is 5.38. The fourth-order valence-corrected chi connectivity index (χ4v) is 3.58. The summed E-state index contributed by atoms with van der Waals surface area (Å²) < 4.78 is 5.73. The number of aliphatic hydroxyl groups excluding tert-OH is 1. The van der Waals surface area contributed by atoms with Crippen LogP contribution >= 0.6 is 0 Å². The molecule has 31 heavy (non-hydrogen) atoms. The van der Waals surface area contributed by atoms with Crippen molar-refractivity contribution < 1.29 is 9.84 Å². The van der Waals surface area contributed by atoms with Gasteiger partial charge in [-0.3, -0.25) is 4.90 Å². The van der Waals surface area contributed by atoms with Crippen molar-refractivity contribution in [1.29, 1.82) is 0 Å². The SMILES string of the molecule is CCNC(=NCc1ccc(CN2CCC(O)CC2)cc1)NCCCOc1ccccc1. The van der Waals surface area contributed by atoms with Gasteiger partial charge in [-0.15, -0.1) is 0 Å². The molecule has 1 aliphatic rings. The van der Waals surface area contributed by atoms with Gasteiger partial charge < -0.3 is 20.5 Å². The number of guanidine groups is 1. The average molecular weight is 425 g/mol. The van der Waals surface area contributed by atoms with Crippen molar-refractivity contribution in [2.45, 2.75) is 45.4 Å². The standard InChI is InChI=1S/C25H36N4O2/c1-2-26-25(27-15-6-18-31-24-7-4-3-5-8-24)28-19-21-9-11-22(12-10-21)20-29-16-13-23(30)14-17-29/h3-5,7-12,23,30H,2,6,13-20H2,1H3,(H2,26,27,28). The van der Waals surface area contributed by atoms with E-state index in [1.54, 1.807) is 0 Å². The maximum Gasteiger partial charge on any atom is 0.191 e. The van der Waals surface area contributed by atoms with Gasteiger partial charge in [0.15, 0.2) is 5.96 Å². The number of ether oxygens (including phenoxy) is 1. The zero-order valence-corrected chi connectivity index (χ0v) is 18.6. The number of piperidine rings is 1. The third-order valence-electron chi connectivity index (χ3n) is 5.38. The number of rotatable bonds is 10. The summed E-state index contributed by atoms with van der Waals surface area (Å²) in [7, 11) is 0. The molecule has 1 aliphatic heterocycles. The van der Waals surface area contributed by atoms with Gasteiger partial charge in [0.05, 0.1) is 19.3 Å². The molecule has 2 aromatic rings. The Bertz CT molecular complexity index is 772. The molecule has 3 N–H and O–H groups in total. The number of hydrogen-bond donors (Lipinski definition) is 3. The lowest BCUT2D eigenvalue weighted by atomic mass is 10.1. The molecular weight excluding hydrogens is 388 g/mol. The zero-order chi connectivity index (χ0) is 21.7. The van der Waals surface area contributed by atoms with Crippen molar-refractivity contribution in [3.8, 4) is 5.75 Å². The van der Waals surface area contributed by atoms with Crippen LogP contribution in [-0.4, -0.2) is 54.9 Å². The van der Waals surface area contributed by atoms with Gasteiger partial charge in [0.2, 0.25) is 0 Å². The Morgan fingerprint density at radius 1 is 1.03 bits per heavy atom. The Kier molecular flexibility index (Phi) is 9.67. The van der Waals surface area contributed by atoms with Gasteiger partial charge in [0.25, 0.3) is 0 Å². The minimum Gasteiger partial charge on any atom is -0.494 e. The Morgan fingerprint density at radius 3 is 2.45 bits per heavy atom. The molecular formula is C25H36N4O2. The maximum atomic E-state index is 9.64. The summed E-state index contributed by atoms with van der Waals surface area (Å²) in [4.78, 5) is 7.12. The molecule has 1 saturated heterocycles. The molecule has 0 spiro atoms. The van der Waals surface area contributed by atoms with Gasteiger partial charge in [-0.05, 0) is 49.4 Å². The predicted octanol–water partition coefficient (Wildman–Crippen LogP) is 3.17. The second-order valence-electron chi connectivity index (χ2n) is 7.96. The number of aliphatic imine (C=N–C) groups is 1. The summed E-state index contributed by atoms with van der Waals surface area (Å²) in [6.07, 6.45) is 2.55. The van der Waals surface area contributed by atoms with E-state index in [1.807, 2.05) is 30.3 Å². The van der Waals surface area contributed by atoms with Crippen LogP contribution in [0.25, 0.3) is 0 Å². The Morgan fingerprint density at radius 2 is 1.74 bits per heavy atom. The van der Waals surface area contributed by atoms with E-state index in [1.165, 1.54) is 11.1 Å². The topological polar surface area (TPSA) is 69.1 Å². The molecule has 168 valence electrons. The number of nitrogens with one attached hydrogen (secondary N) is 2. The van der Waals surface area contributed by atoms with E-state index in [9.17, 15) is 5.11 Å². The molecule has 6 heteroatoms.